The van der Waals surface area contributed by atoms with E-state index in [9.17, 15) is 13.2 Å². The fourth-order valence-electron chi connectivity index (χ4n) is 1.84. The van der Waals surface area contributed by atoms with Crippen LogP contribution in [-0.2, 0) is 14.8 Å². The number of sulfonamides is 1. The average molecular weight is 330 g/mol. The number of hydrogen-bond acceptors (Lipinski definition) is 5. The van der Waals surface area contributed by atoms with Crippen LogP contribution >= 0.6 is 0 Å². The largest absolute Gasteiger partial charge is 0.496 e. The zero-order chi connectivity index (χ0) is 16.8. The Balaban J connectivity index is 2.80. The zero-order valence-corrected chi connectivity index (χ0v) is 13.8. The highest BCUT2D eigenvalue weighted by Crippen LogP contribution is 2.23. The molecule has 0 bridgehead atoms. The number of aliphatic hydroxyl groups is 1. The normalized spacial score (nSPS) is 11.5. The van der Waals surface area contributed by atoms with Gasteiger partial charge in [-0.15, -0.1) is 0 Å². The van der Waals surface area contributed by atoms with E-state index in [1.165, 1.54) is 26.3 Å². The van der Waals surface area contributed by atoms with Crippen LogP contribution in [0.15, 0.2) is 23.1 Å². The molecule has 124 valence electrons. The summed E-state index contributed by atoms with van der Waals surface area (Å²) < 4.78 is 30.9. The van der Waals surface area contributed by atoms with E-state index >= 15 is 0 Å². The molecule has 0 heterocycles. The van der Waals surface area contributed by atoms with Gasteiger partial charge in [0.25, 0.3) is 0 Å². The standard InChI is InChI=1S/C14H22N2O5S/c1-11-9-12(5-6-13(11)21-3)22(19,20)16(2)10-14(18)15-7-4-8-17/h5-6,9,17H,4,7-8,10H2,1-3H3,(H,15,18). The summed E-state index contributed by atoms with van der Waals surface area (Å²) in [5.74, 6) is 0.188. The summed E-state index contributed by atoms with van der Waals surface area (Å²) in [5, 5.41) is 11.2. The first-order valence-corrected chi connectivity index (χ1v) is 8.25. The van der Waals surface area contributed by atoms with Gasteiger partial charge in [-0.1, -0.05) is 0 Å². The number of aryl methyl sites for hydroxylation is 1. The number of nitrogens with zero attached hydrogens (tertiary/aromatic N) is 1. The summed E-state index contributed by atoms with van der Waals surface area (Å²) in [4.78, 5) is 11.8. The van der Waals surface area contributed by atoms with E-state index in [1.54, 1.807) is 13.0 Å². The van der Waals surface area contributed by atoms with Crippen LogP contribution in [0, 0.1) is 6.92 Å². The molecule has 2 N–H and O–H groups in total. The Morgan fingerprint density at radius 2 is 2.09 bits per heavy atom. The molecule has 1 aromatic rings. The predicted molar refractivity (Wildman–Crippen MR) is 82.3 cm³/mol. The molecular formula is C14H22N2O5S. The van der Waals surface area contributed by atoms with Gasteiger partial charge in [0.1, 0.15) is 5.75 Å². The molecule has 1 aromatic carbocycles. The SMILES string of the molecule is COc1ccc(S(=O)(=O)N(C)CC(=O)NCCCO)cc1C. The highest BCUT2D eigenvalue weighted by molar-refractivity contribution is 7.89. The molecule has 0 atom stereocenters. The first-order chi connectivity index (χ1) is 10.3. The second kappa shape index (κ2) is 8.11. The van der Waals surface area contributed by atoms with Crippen LogP contribution in [0.25, 0.3) is 0 Å². The Morgan fingerprint density at radius 3 is 2.64 bits per heavy atom. The van der Waals surface area contributed by atoms with Crippen LogP contribution in [0.2, 0.25) is 0 Å². The van der Waals surface area contributed by atoms with Crippen molar-refractivity contribution in [1.82, 2.24) is 9.62 Å². The molecule has 0 aliphatic heterocycles. The Bertz CT molecular complexity index is 616. The molecule has 1 rings (SSSR count). The van der Waals surface area contributed by atoms with Crippen molar-refractivity contribution in [3.63, 3.8) is 0 Å². The number of rotatable bonds is 8. The van der Waals surface area contributed by atoms with Crippen LogP contribution in [0.1, 0.15) is 12.0 Å². The molecule has 7 nitrogen and oxygen atoms in total. The van der Waals surface area contributed by atoms with Gasteiger partial charge in [0.15, 0.2) is 0 Å². The summed E-state index contributed by atoms with van der Waals surface area (Å²) in [6.45, 7) is 1.75. The molecule has 0 saturated heterocycles. The lowest BCUT2D eigenvalue weighted by molar-refractivity contribution is -0.121. The van der Waals surface area contributed by atoms with Crippen molar-refractivity contribution in [2.75, 3.05) is 33.9 Å². The van der Waals surface area contributed by atoms with Crippen LogP contribution in [0.4, 0.5) is 0 Å². The number of carbonyl (C=O) groups is 1. The predicted octanol–water partition coefficient (Wildman–Crippen LogP) is 0.123. The molecule has 0 fully saturated rings. The van der Waals surface area contributed by atoms with Crippen molar-refractivity contribution in [3.8, 4) is 5.75 Å². The van der Waals surface area contributed by atoms with Crippen LogP contribution in [-0.4, -0.2) is 57.6 Å². The van der Waals surface area contributed by atoms with E-state index in [4.69, 9.17) is 9.84 Å². The van der Waals surface area contributed by atoms with Crippen molar-refractivity contribution < 1.29 is 23.1 Å². The van der Waals surface area contributed by atoms with Crippen molar-refractivity contribution >= 4 is 15.9 Å². The lowest BCUT2D eigenvalue weighted by atomic mass is 10.2. The highest BCUT2D eigenvalue weighted by Gasteiger charge is 2.23. The Hall–Kier alpha value is -1.64. The van der Waals surface area contributed by atoms with Crippen molar-refractivity contribution in [2.24, 2.45) is 0 Å². The summed E-state index contributed by atoms with van der Waals surface area (Å²) in [6, 6.07) is 4.53. The smallest absolute Gasteiger partial charge is 0.243 e. The van der Waals surface area contributed by atoms with Crippen molar-refractivity contribution in [2.45, 2.75) is 18.2 Å². The van der Waals surface area contributed by atoms with Crippen LogP contribution < -0.4 is 10.1 Å². The molecule has 1 amide bonds. The van der Waals surface area contributed by atoms with Gasteiger partial charge >= 0.3 is 0 Å². The van der Waals surface area contributed by atoms with Gasteiger partial charge in [0.05, 0.1) is 18.6 Å². The number of methoxy groups -OCH3 is 1. The quantitative estimate of drug-likeness (QED) is 0.660. The maximum Gasteiger partial charge on any atom is 0.243 e. The van der Waals surface area contributed by atoms with E-state index in [0.29, 0.717) is 24.3 Å². The van der Waals surface area contributed by atoms with Crippen molar-refractivity contribution in [3.05, 3.63) is 23.8 Å². The Kier molecular flexibility index (Phi) is 6.79. The second-order valence-corrected chi connectivity index (χ2v) is 6.86. The summed E-state index contributed by atoms with van der Waals surface area (Å²) in [7, 11) is -0.884. The third-order valence-electron chi connectivity index (χ3n) is 3.10. The number of likely N-dealkylation sites (N-methyl/N-ethyl adjacent to an activating group) is 1. The van der Waals surface area contributed by atoms with Gasteiger partial charge in [0.2, 0.25) is 15.9 Å². The molecule has 8 heteroatoms. The minimum atomic E-state index is -3.74. The molecule has 0 saturated carbocycles. The maximum atomic E-state index is 12.4. The van der Waals surface area contributed by atoms with Gasteiger partial charge < -0.3 is 15.2 Å². The fraction of sp³-hybridized carbons (Fsp3) is 0.500. The molecule has 0 radical (unpaired) electrons. The van der Waals surface area contributed by atoms with E-state index in [-0.39, 0.29) is 18.0 Å². The van der Waals surface area contributed by atoms with Gasteiger partial charge in [-0.3, -0.25) is 4.79 Å². The highest BCUT2D eigenvalue weighted by atomic mass is 32.2. The van der Waals surface area contributed by atoms with Crippen molar-refractivity contribution in [1.29, 1.82) is 0 Å². The number of carbonyl (C=O) groups excluding carboxylic acids is 1. The molecule has 0 unspecified atom stereocenters. The molecule has 0 aliphatic carbocycles. The summed E-state index contributed by atoms with van der Waals surface area (Å²) in [5.41, 5.74) is 0.698. The lowest BCUT2D eigenvalue weighted by Crippen LogP contribution is -2.38. The number of amides is 1. The van der Waals surface area contributed by atoms with E-state index in [0.717, 1.165) is 4.31 Å². The molecule has 0 aromatic heterocycles. The van der Waals surface area contributed by atoms with E-state index in [2.05, 4.69) is 5.32 Å². The third-order valence-corrected chi connectivity index (χ3v) is 4.90. The Labute approximate surface area is 130 Å². The van der Waals surface area contributed by atoms with E-state index < -0.39 is 15.9 Å². The zero-order valence-electron chi connectivity index (χ0n) is 13.0. The molecule has 0 spiro atoms. The topological polar surface area (TPSA) is 95.9 Å². The molecule has 22 heavy (non-hydrogen) atoms. The third kappa shape index (κ3) is 4.69. The first kappa shape index (κ1) is 18.4. The van der Waals surface area contributed by atoms with E-state index in [1.807, 2.05) is 0 Å². The number of aliphatic hydroxyl groups excluding tert-OH is 1. The summed E-state index contributed by atoms with van der Waals surface area (Å²) in [6.07, 6.45) is 0.430. The number of nitrogens with one attached hydrogen (secondary N) is 1. The van der Waals surface area contributed by atoms with Crippen LogP contribution in [0.5, 0.6) is 5.75 Å². The number of hydrogen-bond donors (Lipinski definition) is 2. The monoisotopic (exact) mass is 330 g/mol. The maximum absolute atomic E-state index is 12.4. The number of ether oxygens (including phenoxy) is 1. The average Bonchev–Trinajstić information content (AvgIpc) is 2.47. The summed E-state index contributed by atoms with van der Waals surface area (Å²) >= 11 is 0. The first-order valence-electron chi connectivity index (χ1n) is 6.81. The van der Waals surface area contributed by atoms with Gasteiger partial charge in [-0.2, -0.15) is 4.31 Å². The van der Waals surface area contributed by atoms with Gasteiger partial charge in [-0.25, -0.2) is 8.42 Å². The minimum Gasteiger partial charge on any atom is -0.496 e. The fourth-order valence-corrected chi connectivity index (χ4v) is 3.05. The van der Waals surface area contributed by atoms with Gasteiger partial charge in [0, 0.05) is 20.2 Å². The van der Waals surface area contributed by atoms with Gasteiger partial charge in [-0.05, 0) is 37.1 Å². The number of benzene rings is 1. The second-order valence-electron chi connectivity index (χ2n) is 4.82. The molecular weight excluding hydrogens is 308 g/mol. The molecule has 0 aliphatic rings. The Morgan fingerprint density at radius 1 is 1.41 bits per heavy atom. The van der Waals surface area contributed by atoms with Crippen LogP contribution in [0.3, 0.4) is 0 Å². The minimum absolute atomic E-state index is 0.0282. The lowest BCUT2D eigenvalue weighted by Gasteiger charge is -2.17.